The number of anilines is 1. The topological polar surface area (TPSA) is 161 Å². The lowest BCUT2D eigenvalue weighted by molar-refractivity contribution is -0.135. The number of nitrogen functional groups attached to an aromatic ring is 1. The van der Waals surface area contributed by atoms with Gasteiger partial charge < -0.3 is 21.3 Å². The first-order chi connectivity index (χ1) is 12.3. The van der Waals surface area contributed by atoms with Crippen molar-refractivity contribution in [3.8, 4) is 0 Å². The van der Waals surface area contributed by atoms with Gasteiger partial charge in [0.2, 0.25) is 0 Å². The van der Waals surface area contributed by atoms with E-state index >= 15 is 0 Å². The van der Waals surface area contributed by atoms with Crippen LogP contribution < -0.4 is 17.0 Å². The number of aromatic amines is 1. The third-order valence-electron chi connectivity index (χ3n) is 3.86. The molecule has 3 heterocycles. The number of thiophene rings is 1. The highest BCUT2D eigenvalue weighted by Gasteiger charge is 2.42. The van der Waals surface area contributed by atoms with Crippen molar-refractivity contribution >= 4 is 28.2 Å². The lowest BCUT2D eigenvalue weighted by Gasteiger charge is -2.41. The molecule has 0 fully saturated rings. The zero-order chi connectivity index (χ0) is 20.6. The number of nitrogens with two attached hydrogens (primary N) is 2. The largest absolute Gasteiger partial charge is 0.476 e. The van der Waals surface area contributed by atoms with Gasteiger partial charge in [0.25, 0.3) is 11.5 Å². The Kier molecular flexibility index (Phi) is 5.43. The highest BCUT2D eigenvalue weighted by molar-refractivity contribution is 7.16. The molecular formula is C17H22N4O5S. The third kappa shape index (κ3) is 4.52. The number of rotatable bonds is 2. The van der Waals surface area contributed by atoms with Crippen molar-refractivity contribution in [2.75, 3.05) is 5.73 Å². The number of hydrogen-bond donors (Lipinski definition) is 4. The third-order valence-corrected chi connectivity index (χ3v) is 5.23. The van der Waals surface area contributed by atoms with Gasteiger partial charge in [-0.15, -0.1) is 11.3 Å². The average Bonchev–Trinajstić information content (AvgIpc) is 2.83. The number of amides is 1. The first-order valence-corrected chi connectivity index (χ1v) is 8.86. The van der Waals surface area contributed by atoms with E-state index in [-0.39, 0.29) is 11.3 Å². The van der Waals surface area contributed by atoms with Crippen LogP contribution in [-0.2, 0) is 16.8 Å². The van der Waals surface area contributed by atoms with Crippen LogP contribution in [0.4, 0.5) is 5.00 Å². The molecular weight excluding hydrogens is 372 g/mol. The quantitative estimate of drug-likeness (QED) is 0.599. The van der Waals surface area contributed by atoms with Gasteiger partial charge in [0, 0.05) is 17.4 Å². The van der Waals surface area contributed by atoms with Crippen LogP contribution in [0.15, 0.2) is 16.9 Å². The summed E-state index contributed by atoms with van der Waals surface area (Å²) < 4.78 is 6.04. The van der Waals surface area contributed by atoms with Crippen molar-refractivity contribution in [1.82, 2.24) is 10.2 Å². The van der Waals surface area contributed by atoms with Crippen LogP contribution in [0.2, 0.25) is 0 Å². The molecule has 1 amide bonds. The predicted octanol–water partition coefficient (Wildman–Crippen LogP) is 1.48. The number of H-pyrrole nitrogens is 1. The summed E-state index contributed by atoms with van der Waals surface area (Å²) in [6.07, 6.45) is 0.664. The minimum absolute atomic E-state index is 0.167. The molecule has 0 unspecified atom stereocenters. The monoisotopic (exact) mass is 394 g/mol. The summed E-state index contributed by atoms with van der Waals surface area (Å²) in [5.41, 5.74) is 11.4. The van der Waals surface area contributed by atoms with Crippen molar-refractivity contribution < 1.29 is 19.4 Å². The molecule has 3 rings (SSSR count). The summed E-state index contributed by atoms with van der Waals surface area (Å²) in [5, 5.41) is 14.0. The summed E-state index contributed by atoms with van der Waals surface area (Å²) in [4.78, 5) is 33.0. The zero-order valence-corrected chi connectivity index (χ0v) is 16.3. The average molecular weight is 394 g/mol. The van der Waals surface area contributed by atoms with Crippen molar-refractivity contribution in [2.45, 2.75) is 45.3 Å². The molecule has 0 radical (unpaired) electrons. The first-order valence-electron chi connectivity index (χ1n) is 8.04. The number of aromatic carboxylic acids is 1. The molecule has 0 atom stereocenters. The number of primary amides is 1. The van der Waals surface area contributed by atoms with Crippen LogP contribution >= 0.6 is 11.3 Å². The standard InChI is InChI=1S/C12H18N2O2S.C5H4N2O3/c1-11(2)5-6-7(9(13)15)10(14)17-8(6)12(3,4)16-11;8-4-2-1-3(5(9)10)6-7-4/h5,14H2,1-4H3,(H2,13,15);1-2H,(H,7,8)(H,9,10). The number of carbonyl (C=O) groups excluding carboxylic acids is 1. The second kappa shape index (κ2) is 7.12. The Morgan fingerprint density at radius 2 is 1.93 bits per heavy atom. The van der Waals surface area contributed by atoms with E-state index in [0.717, 1.165) is 22.6 Å². The number of nitrogens with one attached hydrogen (secondary N) is 1. The van der Waals surface area contributed by atoms with E-state index in [1.807, 2.05) is 32.8 Å². The van der Waals surface area contributed by atoms with E-state index in [4.69, 9.17) is 21.3 Å². The van der Waals surface area contributed by atoms with Crippen LogP contribution in [-0.4, -0.2) is 32.8 Å². The van der Waals surface area contributed by atoms with Crippen LogP contribution in [0.1, 0.15) is 59.0 Å². The molecule has 0 bridgehead atoms. The maximum Gasteiger partial charge on any atom is 0.356 e. The molecule has 1 aliphatic heterocycles. The predicted molar refractivity (Wildman–Crippen MR) is 101 cm³/mol. The van der Waals surface area contributed by atoms with Crippen molar-refractivity contribution in [2.24, 2.45) is 5.73 Å². The summed E-state index contributed by atoms with van der Waals surface area (Å²) in [7, 11) is 0. The maximum absolute atomic E-state index is 11.5. The molecule has 27 heavy (non-hydrogen) atoms. The molecule has 1 aliphatic rings. The fourth-order valence-corrected chi connectivity index (χ4v) is 4.20. The minimum atomic E-state index is -1.16. The summed E-state index contributed by atoms with van der Waals surface area (Å²) >= 11 is 1.40. The Morgan fingerprint density at radius 1 is 1.30 bits per heavy atom. The van der Waals surface area contributed by atoms with Gasteiger partial charge in [0.1, 0.15) is 0 Å². The molecule has 0 aliphatic carbocycles. The highest BCUT2D eigenvalue weighted by atomic mass is 32.1. The molecule has 0 aromatic carbocycles. The van der Waals surface area contributed by atoms with E-state index in [0.29, 0.717) is 17.0 Å². The Hall–Kier alpha value is -2.72. The molecule has 10 heteroatoms. The van der Waals surface area contributed by atoms with Gasteiger partial charge >= 0.3 is 5.97 Å². The second-order valence-electron chi connectivity index (χ2n) is 7.17. The molecule has 2 aromatic heterocycles. The molecule has 146 valence electrons. The number of carboxylic acids is 1. The van der Waals surface area contributed by atoms with Crippen molar-refractivity contribution in [1.29, 1.82) is 0 Å². The van der Waals surface area contributed by atoms with E-state index in [1.165, 1.54) is 11.3 Å². The molecule has 0 saturated heterocycles. The summed E-state index contributed by atoms with van der Waals surface area (Å²) in [6.45, 7) is 8.01. The van der Waals surface area contributed by atoms with Crippen molar-refractivity contribution in [3.05, 3.63) is 44.2 Å². The molecule has 6 N–H and O–H groups in total. The number of fused-ring (bicyclic) bond motifs is 1. The Balaban J connectivity index is 0.000000223. The zero-order valence-electron chi connectivity index (χ0n) is 15.5. The number of carboxylic acid groups (broad SMARTS) is 1. The van der Waals surface area contributed by atoms with Gasteiger partial charge in [-0.2, -0.15) is 5.10 Å². The Labute approximate surface area is 159 Å². The SMILES string of the molecule is CC1(C)Cc2c(sc(N)c2C(N)=O)C(C)(C)O1.O=C(O)c1ccc(=O)[nH]n1. The number of nitrogens with zero attached hydrogens (tertiary/aromatic N) is 1. The summed E-state index contributed by atoms with van der Waals surface area (Å²) in [6, 6.07) is 2.25. The molecule has 9 nitrogen and oxygen atoms in total. The van der Waals surface area contributed by atoms with Gasteiger partial charge in [-0.3, -0.25) is 9.59 Å². The fraction of sp³-hybridized carbons (Fsp3) is 0.412. The fourth-order valence-electron chi connectivity index (χ4n) is 3.07. The normalized spacial score (nSPS) is 16.6. The lowest BCUT2D eigenvalue weighted by atomic mass is 9.86. The van der Waals surface area contributed by atoms with Crippen LogP contribution in [0.25, 0.3) is 0 Å². The lowest BCUT2D eigenvalue weighted by Crippen LogP contribution is -2.42. The van der Waals surface area contributed by atoms with Gasteiger partial charge in [-0.05, 0) is 39.3 Å². The van der Waals surface area contributed by atoms with Gasteiger partial charge in [-0.1, -0.05) is 0 Å². The summed E-state index contributed by atoms with van der Waals surface area (Å²) in [5.74, 6) is -1.61. The number of aromatic nitrogens is 2. The first kappa shape index (κ1) is 20.6. The van der Waals surface area contributed by atoms with E-state index in [9.17, 15) is 14.4 Å². The van der Waals surface area contributed by atoms with E-state index in [2.05, 4.69) is 5.10 Å². The van der Waals surface area contributed by atoms with Gasteiger partial charge in [0.15, 0.2) is 5.69 Å². The number of carbonyl (C=O) groups is 2. The van der Waals surface area contributed by atoms with Crippen LogP contribution in [0, 0.1) is 0 Å². The van der Waals surface area contributed by atoms with E-state index in [1.54, 1.807) is 0 Å². The Bertz CT molecular complexity index is 925. The second-order valence-corrected chi connectivity index (χ2v) is 8.23. The Morgan fingerprint density at radius 3 is 2.41 bits per heavy atom. The van der Waals surface area contributed by atoms with Crippen LogP contribution in [0.3, 0.4) is 0 Å². The number of ether oxygens (including phenoxy) is 1. The maximum atomic E-state index is 11.5. The number of hydrogen-bond acceptors (Lipinski definition) is 7. The molecule has 2 aromatic rings. The van der Waals surface area contributed by atoms with Crippen LogP contribution in [0.5, 0.6) is 0 Å². The van der Waals surface area contributed by atoms with Gasteiger partial charge in [0.05, 0.1) is 21.8 Å². The van der Waals surface area contributed by atoms with E-state index < -0.39 is 23.0 Å². The molecule has 0 saturated carbocycles. The van der Waals surface area contributed by atoms with Gasteiger partial charge in [-0.25, -0.2) is 9.89 Å². The minimum Gasteiger partial charge on any atom is -0.476 e. The molecule has 0 spiro atoms. The van der Waals surface area contributed by atoms with Crippen molar-refractivity contribution in [3.63, 3.8) is 0 Å². The highest BCUT2D eigenvalue weighted by Crippen LogP contribution is 2.47. The smallest absolute Gasteiger partial charge is 0.356 e.